The number of benzene rings is 2. The van der Waals surface area contributed by atoms with Crippen molar-refractivity contribution in [2.75, 3.05) is 5.32 Å². The molecule has 110 valence electrons. The summed E-state index contributed by atoms with van der Waals surface area (Å²) in [6.07, 6.45) is 0.109. The largest absolute Gasteiger partial charge is 0.323 e. The summed E-state index contributed by atoms with van der Waals surface area (Å²) in [5, 5.41) is 2.39. The number of hydrogen-bond donors (Lipinski definition) is 1. The Morgan fingerprint density at radius 2 is 1.81 bits per heavy atom. The average molecular weight is 354 g/mol. The van der Waals surface area contributed by atoms with E-state index in [1.807, 2.05) is 32.0 Å². The normalized spacial score (nSPS) is 10.5. The smallest absolute Gasteiger partial charge is 0.228 e. The maximum absolute atomic E-state index is 13.6. The molecule has 1 amide bonds. The lowest BCUT2D eigenvalue weighted by atomic mass is 10.0. The van der Waals surface area contributed by atoms with E-state index in [9.17, 15) is 13.6 Å². The summed E-state index contributed by atoms with van der Waals surface area (Å²) in [7, 11) is 0. The Balaban J connectivity index is 2.11. The van der Waals surface area contributed by atoms with Crippen molar-refractivity contribution in [3.05, 3.63) is 63.1 Å². The molecule has 1 N–H and O–H groups in total. The molecule has 0 aliphatic carbocycles. The van der Waals surface area contributed by atoms with Crippen LogP contribution in [0.4, 0.5) is 14.5 Å². The van der Waals surface area contributed by atoms with Crippen LogP contribution >= 0.6 is 15.9 Å². The van der Waals surface area contributed by atoms with Crippen LogP contribution in [0.5, 0.6) is 0 Å². The molecule has 5 heteroatoms. The minimum atomic E-state index is -0.684. The molecule has 21 heavy (non-hydrogen) atoms. The van der Waals surface area contributed by atoms with Gasteiger partial charge in [0.05, 0.1) is 16.6 Å². The Bertz CT molecular complexity index is 701. The van der Waals surface area contributed by atoms with Crippen molar-refractivity contribution in [2.24, 2.45) is 0 Å². The number of aryl methyl sites for hydroxylation is 2. The first-order valence-corrected chi connectivity index (χ1v) is 7.16. The zero-order chi connectivity index (χ0) is 15.6. The Hall–Kier alpha value is -1.75. The number of carbonyl (C=O) groups excluding carboxylic acids is 1. The molecule has 2 aromatic rings. The highest BCUT2D eigenvalue weighted by molar-refractivity contribution is 9.10. The number of carbonyl (C=O) groups is 1. The molecular formula is C16H14BrF2NO. The van der Waals surface area contributed by atoms with Crippen LogP contribution in [-0.4, -0.2) is 5.91 Å². The van der Waals surface area contributed by atoms with Gasteiger partial charge < -0.3 is 5.32 Å². The minimum absolute atomic E-state index is 0.0205. The fourth-order valence-electron chi connectivity index (χ4n) is 1.91. The molecule has 0 atom stereocenters. The number of rotatable bonds is 3. The lowest BCUT2D eigenvalue weighted by Crippen LogP contribution is -2.15. The summed E-state index contributed by atoms with van der Waals surface area (Å²) in [5.41, 5.74) is 2.89. The zero-order valence-corrected chi connectivity index (χ0v) is 13.2. The van der Waals surface area contributed by atoms with Gasteiger partial charge in [0.1, 0.15) is 11.6 Å². The highest BCUT2D eigenvalue weighted by Gasteiger charge is 2.12. The van der Waals surface area contributed by atoms with Crippen LogP contribution in [0.15, 0.2) is 34.8 Å². The zero-order valence-electron chi connectivity index (χ0n) is 11.6. The van der Waals surface area contributed by atoms with Crippen LogP contribution in [0.1, 0.15) is 16.7 Å². The van der Waals surface area contributed by atoms with Crippen LogP contribution in [-0.2, 0) is 11.2 Å². The molecule has 0 heterocycles. The third-order valence-electron chi connectivity index (χ3n) is 3.22. The molecule has 0 spiro atoms. The van der Waals surface area contributed by atoms with Crippen molar-refractivity contribution < 1.29 is 13.6 Å². The van der Waals surface area contributed by atoms with Crippen LogP contribution < -0.4 is 5.32 Å². The molecule has 0 unspecified atom stereocenters. The Kier molecular flexibility index (Phi) is 4.73. The van der Waals surface area contributed by atoms with Crippen molar-refractivity contribution in [3.63, 3.8) is 0 Å². The molecule has 0 aliphatic heterocycles. The van der Waals surface area contributed by atoms with E-state index in [1.54, 1.807) is 0 Å². The highest BCUT2D eigenvalue weighted by atomic mass is 79.9. The van der Waals surface area contributed by atoms with Crippen molar-refractivity contribution in [1.82, 2.24) is 0 Å². The molecule has 0 radical (unpaired) electrons. The van der Waals surface area contributed by atoms with Crippen LogP contribution in [0.3, 0.4) is 0 Å². The standard InChI is InChI=1S/C16H14BrF2NO/c1-9-3-4-11(5-10(9)2)6-16(21)20-15-8-13(18)12(17)7-14(15)19/h3-5,7-8H,6H2,1-2H3,(H,20,21). The van der Waals surface area contributed by atoms with Crippen molar-refractivity contribution in [2.45, 2.75) is 20.3 Å². The monoisotopic (exact) mass is 353 g/mol. The second-order valence-electron chi connectivity index (χ2n) is 4.89. The van der Waals surface area contributed by atoms with E-state index < -0.39 is 11.6 Å². The van der Waals surface area contributed by atoms with E-state index in [2.05, 4.69) is 21.2 Å². The fourth-order valence-corrected chi connectivity index (χ4v) is 2.23. The second kappa shape index (κ2) is 6.35. The second-order valence-corrected chi connectivity index (χ2v) is 5.74. The van der Waals surface area contributed by atoms with Gasteiger partial charge in [0.2, 0.25) is 5.91 Å². The predicted octanol–water partition coefficient (Wildman–Crippen LogP) is 4.53. The van der Waals surface area contributed by atoms with Gasteiger partial charge in [-0.2, -0.15) is 0 Å². The SMILES string of the molecule is Cc1ccc(CC(=O)Nc2cc(F)c(Br)cc2F)cc1C. The van der Waals surface area contributed by atoms with Gasteiger partial charge in [0.15, 0.2) is 0 Å². The van der Waals surface area contributed by atoms with Crippen molar-refractivity contribution in [3.8, 4) is 0 Å². The summed E-state index contributed by atoms with van der Waals surface area (Å²) < 4.78 is 27.0. The van der Waals surface area contributed by atoms with E-state index in [-0.39, 0.29) is 22.5 Å². The third-order valence-corrected chi connectivity index (χ3v) is 3.83. The number of anilines is 1. The Morgan fingerprint density at radius 1 is 1.10 bits per heavy atom. The Morgan fingerprint density at radius 3 is 2.48 bits per heavy atom. The summed E-state index contributed by atoms with van der Waals surface area (Å²) in [5.74, 6) is -1.70. The molecule has 0 aliphatic rings. The third kappa shape index (κ3) is 3.88. The number of halogens is 3. The molecule has 0 saturated heterocycles. The summed E-state index contributed by atoms with van der Waals surface area (Å²) in [6, 6.07) is 7.63. The average Bonchev–Trinajstić information content (AvgIpc) is 2.40. The summed E-state index contributed by atoms with van der Waals surface area (Å²) in [6.45, 7) is 3.94. The van der Waals surface area contributed by atoms with Gasteiger partial charge in [0, 0.05) is 6.07 Å². The van der Waals surface area contributed by atoms with Crippen LogP contribution in [0.2, 0.25) is 0 Å². The molecule has 0 saturated carbocycles. The van der Waals surface area contributed by atoms with E-state index in [0.29, 0.717) is 0 Å². The van der Waals surface area contributed by atoms with Gasteiger partial charge >= 0.3 is 0 Å². The molecule has 2 rings (SSSR count). The number of hydrogen-bond acceptors (Lipinski definition) is 1. The van der Waals surface area contributed by atoms with Gasteiger partial charge in [-0.1, -0.05) is 18.2 Å². The maximum Gasteiger partial charge on any atom is 0.228 e. The van der Waals surface area contributed by atoms with Gasteiger partial charge in [0.25, 0.3) is 0 Å². The highest BCUT2D eigenvalue weighted by Crippen LogP contribution is 2.23. The van der Waals surface area contributed by atoms with Gasteiger partial charge in [-0.3, -0.25) is 4.79 Å². The molecule has 0 fully saturated rings. The topological polar surface area (TPSA) is 29.1 Å². The first-order valence-electron chi connectivity index (χ1n) is 6.37. The van der Waals surface area contributed by atoms with Crippen molar-refractivity contribution in [1.29, 1.82) is 0 Å². The lowest BCUT2D eigenvalue weighted by Gasteiger charge is -2.09. The number of amides is 1. The first kappa shape index (κ1) is 15.6. The van der Waals surface area contributed by atoms with E-state index in [1.165, 1.54) is 0 Å². The van der Waals surface area contributed by atoms with E-state index >= 15 is 0 Å². The predicted molar refractivity (Wildman–Crippen MR) is 82.3 cm³/mol. The van der Waals surface area contributed by atoms with Gasteiger partial charge in [-0.05, 0) is 52.5 Å². The molecule has 0 aromatic heterocycles. The molecule has 2 aromatic carbocycles. The van der Waals surface area contributed by atoms with Crippen LogP contribution in [0, 0.1) is 25.5 Å². The number of nitrogens with one attached hydrogen (secondary N) is 1. The van der Waals surface area contributed by atoms with Crippen LogP contribution in [0.25, 0.3) is 0 Å². The quantitative estimate of drug-likeness (QED) is 0.807. The fraction of sp³-hybridized carbons (Fsp3) is 0.188. The lowest BCUT2D eigenvalue weighted by molar-refractivity contribution is -0.115. The first-order chi connectivity index (χ1) is 9.86. The van der Waals surface area contributed by atoms with Crippen molar-refractivity contribution >= 4 is 27.5 Å². The van der Waals surface area contributed by atoms with E-state index in [4.69, 9.17) is 0 Å². The van der Waals surface area contributed by atoms with E-state index in [0.717, 1.165) is 28.8 Å². The molecule has 2 nitrogen and oxygen atoms in total. The van der Waals surface area contributed by atoms with Gasteiger partial charge in [-0.25, -0.2) is 8.78 Å². The Labute approximate surface area is 130 Å². The molecular weight excluding hydrogens is 340 g/mol. The maximum atomic E-state index is 13.6. The summed E-state index contributed by atoms with van der Waals surface area (Å²) >= 11 is 2.89. The molecule has 0 bridgehead atoms. The van der Waals surface area contributed by atoms with Gasteiger partial charge in [-0.15, -0.1) is 0 Å². The summed E-state index contributed by atoms with van der Waals surface area (Å²) in [4.78, 5) is 11.9. The minimum Gasteiger partial charge on any atom is -0.323 e.